The lowest BCUT2D eigenvalue weighted by Crippen LogP contribution is -2.27. The van der Waals surface area contributed by atoms with Crippen LogP contribution in [-0.4, -0.2) is 17.1 Å². The van der Waals surface area contributed by atoms with Crippen molar-refractivity contribution in [3.05, 3.63) is 35.6 Å². The molecule has 0 saturated heterocycles. The molecule has 1 aromatic heterocycles. The van der Waals surface area contributed by atoms with Crippen molar-refractivity contribution in [2.45, 2.75) is 39.3 Å². The lowest BCUT2D eigenvalue weighted by atomic mass is 10.1. The quantitative estimate of drug-likeness (QED) is 0.836. The Kier molecular flexibility index (Phi) is 4.22. The first-order valence-electron chi connectivity index (χ1n) is 6.64. The van der Waals surface area contributed by atoms with Gasteiger partial charge in [0.05, 0.1) is 0 Å². The standard InChI is InChI=1S/C15H19NO3/c1-3-10(4-2)16-9-12-11-7-5-6-8-13(11)19-14(12)15(17)18/h5-8,10,16H,3-4,9H2,1-2H3,(H,17,18). The molecule has 2 aromatic rings. The third-order valence-corrected chi connectivity index (χ3v) is 3.45. The number of carbonyl (C=O) groups is 1. The number of nitrogens with one attached hydrogen (secondary N) is 1. The second-order valence-electron chi connectivity index (χ2n) is 4.61. The fourth-order valence-corrected chi connectivity index (χ4v) is 2.27. The predicted molar refractivity (Wildman–Crippen MR) is 74.4 cm³/mol. The Bertz CT molecular complexity index is 570. The van der Waals surface area contributed by atoms with Crippen LogP contribution in [0.5, 0.6) is 0 Å². The molecule has 2 rings (SSSR count). The predicted octanol–water partition coefficient (Wildman–Crippen LogP) is 3.41. The topological polar surface area (TPSA) is 62.5 Å². The number of para-hydroxylation sites is 1. The molecule has 0 radical (unpaired) electrons. The van der Waals surface area contributed by atoms with Gasteiger partial charge < -0.3 is 14.8 Å². The summed E-state index contributed by atoms with van der Waals surface area (Å²) in [6.07, 6.45) is 2.05. The maximum absolute atomic E-state index is 11.3. The van der Waals surface area contributed by atoms with E-state index in [-0.39, 0.29) is 5.76 Å². The van der Waals surface area contributed by atoms with Gasteiger partial charge in [-0.2, -0.15) is 0 Å². The Morgan fingerprint density at radius 1 is 1.32 bits per heavy atom. The molecule has 19 heavy (non-hydrogen) atoms. The molecule has 0 fully saturated rings. The van der Waals surface area contributed by atoms with E-state index in [1.807, 2.05) is 18.2 Å². The van der Waals surface area contributed by atoms with Crippen molar-refractivity contribution in [2.24, 2.45) is 0 Å². The van der Waals surface area contributed by atoms with Crippen LogP contribution in [0.1, 0.15) is 42.8 Å². The summed E-state index contributed by atoms with van der Waals surface area (Å²) >= 11 is 0. The Morgan fingerprint density at radius 3 is 2.63 bits per heavy atom. The minimum Gasteiger partial charge on any atom is -0.475 e. The minimum atomic E-state index is -1.02. The summed E-state index contributed by atoms with van der Waals surface area (Å²) in [6, 6.07) is 7.83. The molecule has 1 heterocycles. The van der Waals surface area contributed by atoms with Crippen LogP contribution in [0.15, 0.2) is 28.7 Å². The molecule has 4 heteroatoms. The number of aromatic carboxylic acids is 1. The van der Waals surface area contributed by atoms with Crippen LogP contribution in [0, 0.1) is 0 Å². The normalized spacial score (nSPS) is 11.3. The zero-order valence-electron chi connectivity index (χ0n) is 11.3. The van der Waals surface area contributed by atoms with Crippen molar-refractivity contribution in [1.82, 2.24) is 5.32 Å². The van der Waals surface area contributed by atoms with Gasteiger partial charge in [-0.05, 0) is 18.9 Å². The highest BCUT2D eigenvalue weighted by molar-refractivity contribution is 5.95. The average molecular weight is 261 g/mol. The van der Waals surface area contributed by atoms with Gasteiger partial charge in [-0.3, -0.25) is 0 Å². The second kappa shape index (κ2) is 5.89. The van der Waals surface area contributed by atoms with Crippen LogP contribution in [0.4, 0.5) is 0 Å². The molecule has 0 aliphatic carbocycles. The van der Waals surface area contributed by atoms with Gasteiger partial charge >= 0.3 is 5.97 Å². The summed E-state index contributed by atoms with van der Waals surface area (Å²) in [5.41, 5.74) is 1.36. The van der Waals surface area contributed by atoms with Gasteiger partial charge in [0.25, 0.3) is 0 Å². The smallest absolute Gasteiger partial charge is 0.372 e. The Hall–Kier alpha value is -1.81. The Morgan fingerprint density at radius 2 is 2.00 bits per heavy atom. The van der Waals surface area contributed by atoms with E-state index in [0.29, 0.717) is 18.2 Å². The second-order valence-corrected chi connectivity index (χ2v) is 4.61. The number of furan rings is 1. The molecular weight excluding hydrogens is 242 g/mol. The molecule has 0 atom stereocenters. The highest BCUT2D eigenvalue weighted by Gasteiger charge is 2.19. The zero-order chi connectivity index (χ0) is 13.8. The van der Waals surface area contributed by atoms with E-state index in [2.05, 4.69) is 19.2 Å². The number of carboxylic acid groups (broad SMARTS) is 1. The third-order valence-electron chi connectivity index (χ3n) is 3.45. The van der Waals surface area contributed by atoms with Gasteiger partial charge in [0.15, 0.2) is 0 Å². The zero-order valence-corrected chi connectivity index (χ0v) is 11.3. The van der Waals surface area contributed by atoms with Crippen molar-refractivity contribution in [1.29, 1.82) is 0 Å². The monoisotopic (exact) mass is 261 g/mol. The van der Waals surface area contributed by atoms with Gasteiger partial charge in [-0.15, -0.1) is 0 Å². The first kappa shape index (κ1) is 13.6. The van der Waals surface area contributed by atoms with Crippen molar-refractivity contribution in [3.63, 3.8) is 0 Å². The summed E-state index contributed by atoms with van der Waals surface area (Å²) in [5, 5.41) is 13.5. The molecule has 0 aliphatic rings. The van der Waals surface area contributed by atoms with E-state index in [9.17, 15) is 9.90 Å². The maximum Gasteiger partial charge on any atom is 0.372 e. The van der Waals surface area contributed by atoms with Crippen LogP contribution in [0.25, 0.3) is 11.0 Å². The number of hydrogen-bond acceptors (Lipinski definition) is 3. The Balaban J connectivity index is 2.34. The molecule has 0 saturated carbocycles. The molecule has 0 aliphatic heterocycles. The molecule has 1 aromatic carbocycles. The molecule has 0 amide bonds. The maximum atomic E-state index is 11.3. The SMILES string of the molecule is CCC(CC)NCc1c(C(=O)O)oc2ccccc12. The summed E-state index contributed by atoms with van der Waals surface area (Å²) in [4.78, 5) is 11.3. The van der Waals surface area contributed by atoms with Gasteiger partial charge in [-0.25, -0.2) is 4.79 Å². The summed E-state index contributed by atoms with van der Waals surface area (Å²) in [7, 11) is 0. The molecular formula is C15H19NO3. The van der Waals surface area contributed by atoms with Crippen molar-refractivity contribution < 1.29 is 14.3 Å². The van der Waals surface area contributed by atoms with Crippen molar-refractivity contribution in [3.8, 4) is 0 Å². The molecule has 0 spiro atoms. The number of carboxylic acids is 1. The van der Waals surface area contributed by atoms with Crippen LogP contribution in [-0.2, 0) is 6.54 Å². The summed E-state index contributed by atoms with van der Waals surface area (Å²) in [5.74, 6) is -0.975. The van der Waals surface area contributed by atoms with Crippen LogP contribution < -0.4 is 5.32 Å². The van der Waals surface area contributed by atoms with E-state index in [1.165, 1.54) is 0 Å². The fraction of sp³-hybridized carbons (Fsp3) is 0.400. The van der Waals surface area contributed by atoms with E-state index >= 15 is 0 Å². The van der Waals surface area contributed by atoms with Crippen molar-refractivity contribution >= 4 is 16.9 Å². The number of fused-ring (bicyclic) bond motifs is 1. The van der Waals surface area contributed by atoms with Gasteiger partial charge in [-0.1, -0.05) is 32.0 Å². The van der Waals surface area contributed by atoms with E-state index in [0.717, 1.165) is 23.8 Å². The lowest BCUT2D eigenvalue weighted by molar-refractivity contribution is 0.0663. The summed E-state index contributed by atoms with van der Waals surface area (Å²) in [6.45, 7) is 4.75. The van der Waals surface area contributed by atoms with E-state index in [4.69, 9.17) is 4.42 Å². The summed E-state index contributed by atoms with van der Waals surface area (Å²) < 4.78 is 5.42. The van der Waals surface area contributed by atoms with Crippen LogP contribution in [0.3, 0.4) is 0 Å². The molecule has 0 bridgehead atoms. The fourth-order valence-electron chi connectivity index (χ4n) is 2.27. The van der Waals surface area contributed by atoms with Gasteiger partial charge in [0.2, 0.25) is 5.76 Å². The highest BCUT2D eigenvalue weighted by Crippen LogP contribution is 2.26. The Labute approximate surface area is 112 Å². The average Bonchev–Trinajstić information content (AvgIpc) is 2.79. The van der Waals surface area contributed by atoms with Crippen LogP contribution >= 0.6 is 0 Å². The number of benzene rings is 1. The molecule has 4 nitrogen and oxygen atoms in total. The van der Waals surface area contributed by atoms with Crippen LogP contribution in [0.2, 0.25) is 0 Å². The lowest BCUT2D eigenvalue weighted by Gasteiger charge is -2.14. The largest absolute Gasteiger partial charge is 0.475 e. The first-order valence-corrected chi connectivity index (χ1v) is 6.64. The highest BCUT2D eigenvalue weighted by atomic mass is 16.4. The van der Waals surface area contributed by atoms with E-state index in [1.54, 1.807) is 6.07 Å². The molecule has 2 N–H and O–H groups in total. The molecule has 0 unspecified atom stereocenters. The number of rotatable bonds is 6. The van der Waals surface area contributed by atoms with Gasteiger partial charge in [0, 0.05) is 23.5 Å². The molecule has 102 valence electrons. The number of hydrogen-bond donors (Lipinski definition) is 2. The first-order chi connectivity index (χ1) is 9.17. The van der Waals surface area contributed by atoms with Gasteiger partial charge in [0.1, 0.15) is 5.58 Å². The van der Waals surface area contributed by atoms with Crippen molar-refractivity contribution in [2.75, 3.05) is 0 Å². The van der Waals surface area contributed by atoms with E-state index < -0.39 is 5.97 Å². The third kappa shape index (κ3) is 2.79. The minimum absolute atomic E-state index is 0.0413.